The Bertz CT molecular complexity index is 132. The predicted octanol–water partition coefficient (Wildman–Crippen LogP) is -0.336. The summed E-state index contributed by atoms with van der Waals surface area (Å²) in [5.41, 5.74) is 0. The van der Waals surface area contributed by atoms with E-state index in [1.54, 1.807) is 0 Å². The maximum absolute atomic E-state index is 10.7. The minimum absolute atomic E-state index is 0.0405. The van der Waals surface area contributed by atoms with Crippen LogP contribution in [0.1, 0.15) is 12.8 Å². The summed E-state index contributed by atoms with van der Waals surface area (Å²) >= 11 is 0. The van der Waals surface area contributed by atoms with E-state index in [0.29, 0.717) is 12.5 Å². The van der Waals surface area contributed by atoms with Crippen LogP contribution >= 0.6 is 0 Å². The summed E-state index contributed by atoms with van der Waals surface area (Å²) < 4.78 is 4.98. The van der Waals surface area contributed by atoms with E-state index in [1.165, 1.54) is 0 Å². The molecule has 0 radical (unpaired) electrons. The van der Waals surface area contributed by atoms with Crippen molar-refractivity contribution in [3.63, 3.8) is 0 Å². The Morgan fingerprint density at radius 2 is 2.56 bits per heavy atom. The lowest BCUT2D eigenvalue weighted by molar-refractivity contribution is -0.151. The number of rotatable bonds is 0. The number of ether oxygens (including phenoxy) is 1. The van der Waals surface area contributed by atoms with Crippen molar-refractivity contribution in [2.75, 3.05) is 6.54 Å². The molecule has 3 nitrogen and oxygen atoms in total. The molecule has 2 atom stereocenters. The summed E-state index contributed by atoms with van der Waals surface area (Å²) in [6.07, 6.45) is 1.76. The molecule has 2 aliphatic rings. The zero-order chi connectivity index (χ0) is 6.27. The zero-order valence-corrected chi connectivity index (χ0v) is 5.09. The van der Waals surface area contributed by atoms with Crippen LogP contribution in [0.25, 0.3) is 0 Å². The van der Waals surface area contributed by atoms with Gasteiger partial charge in [0, 0.05) is 19.0 Å². The molecule has 0 unspecified atom stereocenters. The van der Waals surface area contributed by atoms with E-state index in [-0.39, 0.29) is 12.1 Å². The van der Waals surface area contributed by atoms with Crippen molar-refractivity contribution in [2.24, 2.45) is 0 Å². The Labute approximate surface area is 53.4 Å². The lowest BCUT2D eigenvalue weighted by Gasteiger charge is -2.16. The Balaban J connectivity index is 2.11. The third-order valence-electron chi connectivity index (χ3n) is 1.89. The predicted molar refractivity (Wildman–Crippen MR) is 30.9 cm³/mol. The average Bonchev–Trinajstić information content (AvgIpc) is 2.11. The molecule has 0 aromatic heterocycles. The highest BCUT2D eigenvalue weighted by Gasteiger charge is 2.33. The molecule has 9 heavy (non-hydrogen) atoms. The van der Waals surface area contributed by atoms with Crippen LogP contribution in [0.2, 0.25) is 0 Å². The van der Waals surface area contributed by atoms with Crippen molar-refractivity contribution in [3.05, 3.63) is 0 Å². The summed E-state index contributed by atoms with van der Waals surface area (Å²) in [5, 5.41) is 3.20. The fourth-order valence-electron chi connectivity index (χ4n) is 1.46. The van der Waals surface area contributed by atoms with E-state index >= 15 is 0 Å². The van der Waals surface area contributed by atoms with Crippen molar-refractivity contribution in [1.82, 2.24) is 5.32 Å². The fraction of sp³-hybridized carbons (Fsp3) is 0.833. The molecule has 3 heteroatoms. The third-order valence-corrected chi connectivity index (χ3v) is 1.89. The van der Waals surface area contributed by atoms with Gasteiger partial charge in [0.05, 0.1) is 6.42 Å². The number of carbonyl (C=O) groups is 1. The molecule has 2 aliphatic heterocycles. The van der Waals surface area contributed by atoms with E-state index in [4.69, 9.17) is 4.74 Å². The second-order valence-electron chi connectivity index (χ2n) is 2.66. The topological polar surface area (TPSA) is 38.3 Å². The van der Waals surface area contributed by atoms with Gasteiger partial charge in [-0.25, -0.2) is 0 Å². The Kier molecular flexibility index (Phi) is 0.990. The van der Waals surface area contributed by atoms with E-state index in [9.17, 15) is 4.79 Å². The van der Waals surface area contributed by atoms with E-state index in [2.05, 4.69) is 5.32 Å². The highest BCUT2D eigenvalue weighted by molar-refractivity contribution is 5.71. The van der Waals surface area contributed by atoms with Crippen LogP contribution in [0.15, 0.2) is 0 Å². The summed E-state index contributed by atoms with van der Waals surface area (Å²) in [6.45, 7) is 0.858. The maximum atomic E-state index is 10.7. The van der Waals surface area contributed by atoms with Crippen molar-refractivity contribution in [2.45, 2.75) is 25.0 Å². The molecule has 2 rings (SSSR count). The Morgan fingerprint density at radius 1 is 1.67 bits per heavy atom. The van der Waals surface area contributed by atoms with Crippen LogP contribution in [0, 0.1) is 0 Å². The van der Waals surface area contributed by atoms with Crippen LogP contribution in [0.3, 0.4) is 0 Å². The number of carbonyl (C=O) groups excluding carboxylic acids is 1. The molecule has 0 spiro atoms. The van der Waals surface area contributed by atoms with Crippen molar-refractivity contribution >= 4 is 5.97 Å². The highest BCUT2D eigenvalue weighted by Crippen LogP contribution is 2.19. The standard InChI is InChI=1S/C6H9NO2/c8-6-2-4-1-5(9-6)3-7-4/h4-5,7H,1-3H2/t4-,5-/m0/s1. The first-order valence-corrected chi connectivity index (χ1v) is 3.27. The highest BCUT2D eigenvalue weighted by atomic mass is 16.5. The van der Waals surface area contributed by atoms with Gasteiger partial charge in [-0.2, -0.15) is 0 Å². The maximum Gasteiger partial charge on any atom is 0.307 e. The number of hydrogen-bond donors (Lipinski definition) is 1. The van der Waals surface area contributed by atoms with E-state index < -0.39 is 0 Å². The first kappa shape index (κ1) is 5.23. The molecule has 0 amide bonds. The number of fused-ring (bicyclic) bond motifs is 2. The smallest absolute Gasteiger partial charge is 0.307 e. The Morgan fingerprint density at radius 3 is 3.33 bits per heavy atom. The van der Waals surface area contributed by atoms with Gasteiger partial charge < -0.3 is 10.1 Å². The second kappa shape index (κ2) is 1.70. The Hall–Kier alpha value is -0.570. The van der Waals surface area contributed by atoms with Crippen molar-refractivity contribution in [1.29, 1.82) is 0 Å². The summed E-state index contributed by atoms with van der Waals surface area (Å²) in [5.74, 6) is -0.0405. The monoisotopic (exact) mass is 127 g/mol. The van der Waals surface area contributed by atoms with Gasteiger partial charge in [0.15, 0.2) is 0 Å². The van der Waals surface area contributed by atoms with Crippen molar-refractivity contribution < 1.29 is 9.53 Å². The van der Waals surface area contributed by atoms with Gasteiger partial charge in [-0.1, -0.05) is 0 Å². The molecule has 50 valence electrons. The van der Waals surface area contributed by atoms with Crippen LogP contribution in [-0.4, -0.2) is 24.7 Å². The second-order valence-corrected chi connectivity index (χ2v) is 2.66. The van der Waals surface area contributed by atoms with Crippen LogP contribution < -0.4 is 5.32 Å². The quantitative estimate of drug-likeness (QED) is 0.452. The molecule has 2 bridgehead atoms. The van der Waals surface area contributed by atoms with Crippen LogP contribution in [-0.2, 0) is 9.53 Å². The summed E-state index contributed by atoms with van der Waals surface area (Å²) in [6, 6.07) is 0.413. The first-order chi connectivity index (χ1) is 4.34. The van der Waals surface area contributed by atoms with Gasteiger partial charge in [0.25, 0.3) is 0 Å². The molecule has 2 heterocycles. The molecular weight excluding hydrogens is 118 g/mol. The van der Waals surface area contributed by atoms with Gasteiger partial charge in [0.2, 0.25) is 0 Å². The molecule has 0 aromatic carbocycles. The normalized spacial score (nSPS) is 40.7. The lowest BCUT2D eigenvalue weighted by Crippen LogP contribution is -2.27. The van der Waals surface area contributed by atoms with Crippen molar-refractivity contribution in [3.8, 4) is 0 Å². The van der Waals surface area contributed by atoms with Gasteiger partial charge in [-0.05, 0) is 0 Å². The van der Waals surface area contributed by atoms with Gasteiger partial charge >= 0.3 is 5.97 Å². The number of hydrogen-bond acceptors (Lipinski definition) is 3. The lowest BCUT2D eigenvalue weighted by atomic mass is 10.1. The molecule has 2 fully saturated rings. The fourth-order valence-corrected chi connectivity index (χ4v) is 1.46. The minimum Gasteiger partial charge on any atom is -0.461 e. The molecule has 2 saturated heterocycles. The minimum atomic E-state index is -0.0405. The molecule has 1 N–H and O–H groups in total. The summed E-state index contributed by atoms with van der Waals surface area (Å²) in [4.78, 5) is 10.7. The van der Waals surface area contributed by atoms with Gasteiger partial charge in [-0.15, -0.1) is 0 Å². The van der Waals surface area contributed by atoms with E-state index in [1.807, 2.05) is 0 Å². The van der Waals surface area contributed by atoms with Gasteiger partial charge in [-0.3, -0.25) is 4.79 Å². The molecule has 0 aliphatic carbocycles. The van der Waals surface area contributed by atoms with E-state index in [0.717, 1.165) is 13.0 Å². The van der Waals surface area contributed by atoms with Crippen LogP contribution in [0.4, 0.5) is 0 Å². The number of esters is 1. The molecular formula is C6H9NO2. The SMILES string of the molecule is O=C1C[C@@H]2C[C@@H](CN2)O1. The number of nitrogens with one attached hydrogen (secondary N) is 1. The zero-order valence-electron chi connectivity index (χ0n) is 5.09. The average molecular weight is 127 g/mol. The summed E-state index contributed by atoms with van der Waals surface area (Å²) in [7, 11) is 0. The van der Waals surface area contributed by atoms with Crippen LogP contribution in [0.5, 0.6) is 0 Å². The third kappa shape index (κ3) is 0.812. The molecule has 0 aromatic rings. The first-order valence-electron chi connectivity index (χ1n) is 3.27. The van der Waals surface area contributed by atoms with Gasteiger partial charge in [0.1, 0.15) is 6.10 Å². The molecule has 0 saturated carbocycles. The largest absolute Gasteiger partial charge is 0.461 e.